The highest BCUT2D eigenvalue weighted by molar-refractivity contribution is 6.30. The van der Waals surface area contributed by atoms with Gasteiger partial charge in [0.2, 0.25) is 11.8 Å². The molecule has 0 radical (unpaired) electrons. The van der Waals surface area contributed by atoms with E-state index in [0.717, 1.165) is 18.5 Å². The minimum atomic E-state index is -0.726. The molecule has 2 bridgehead atoms. The summed E-state index contributed by atoms with van der Waals surface area (Å²) in [4.78, 5) is 28.6. The van der Waals surface area contributed by atoms with Crippen molar-refractivity contribution in [3.05, 3.63) is 41.4 Å². The van der Waals surface area contributed by atoms with Gasteiger partial charge >= 0.3 is 0 Å². The van der Waals surface area contributed by atoms with E-state index in [0.29, 0.717) is 11.6 Å². The molecule has 4 heterocycles. The number of carbonyl (C=O) groups excluding carboxylic acids is 2. The highest BCUT2D eigenvalue weighted by Crippen LogP contribution is 2.52. The molecule has 4 aliphatic heterocycles. The normalized spacial score (nSPS) is 35.5. The highest BCUT2D eigenvalue weighted by atomic mass is 35.5. The van der Waals surface area contributed by atoms with Crippen LogP contribution in [0.25, 0.3) is 0 Å². The van der Waals surface area contributed by atoms with Crippen LogP contribution in [0.4, 0.5) is 5.69 Å². The summed E-state index contributed by atoms with van der Waals surface area (Å²) >= 11 is 6.01. The molecular formula is C24H30ClN3O3. The van der Waals surface area contributed by atoms with Crippen molar-refractivity contribution in [1.29, 1.82) is 0 Å². The van der Waals surface area contributed by atoms with Crippen molar-refractivity contribution in [2.45, 2.75) is 69.4 Å². The number of hydrogen-bond donors (Lipinski definition) is 2. The van der Waals surface area contributed by atoms with E-state index in [4.69, 9.17) is 16.3 Å². The molecule has 4 aliphatic rings. The van der Waals surface area contributed by atoms with E-state index in [1.807, 2.05) is 24.3 Å². The lowest BCUT2D eigenvalue weighted by Crippen LogP contribution is -2.62. The van der Waals surface area contributed by atoms with E-state index >= 15 is 0 Å². The zero-order valence-corrected chi connectivity index (χ0v) is 19.2. The Balaban J connectivity index is 1.37. The number of piperidine rings is 1. The fourth-order valence-electron chi connectivity index (χ4n) is 6.36. The molecule has 0 saturated carbocycles. The number of hydrogen-bond acceptors (Lipinski definition) is 4. The van der Waals surface area contributed by atoms with Gasteiger partial charge in [-0.15, -0.1) is 0 Å². The molecule has 3 fully saturated rings. The van der Waals surface area contributed by atoms with Gasteiger partial charge in [-0.2, -0.15) is 0 Å². The van der Waals surface area contributed by atoms with Crippen LogP contribution >= 0.6 is 11.6 Å². The first kappa shape index (κ1) is 21.0. The van der Waals surface area contributed by atoms with Crippen LogP contribution in [-0.4, -0.2) is 47.2 Å². The molecule has 5 rings (SSSR count). The maximum Gasteiger partial charge on any atom is 0.234 e. The first-order valence-corrected chi connectivity index (χ1v) is 11.4. The second kappa shape index (κ2) is 6.80. The number of carbonyl (C=O) groups is 2. The largest absolute Gasteiger partial charge is 0.360 e. The van der Waals surface area contributed by atoms with Crippen molar-refractivity contribution in [2.75, 3.05) is 11.4 Å². The van der Waals surface area contributed by atoms with Gasteiger partial charge in [0.15, 0.2) is 0 Å². The summed E-state index contributed by atoms with van der Waals surface area (Å²) in [5, 5.41) is 7.53. The lowest BCUT2D eigenvalue weighted by atomic mass is 9.75. The lowest BCUT2D eigenvalue weighted by Gasteiger charge is -2.47. The topological polar surface area (TPSA) is 70.7 Å². The van der Waals surface area contributed by atoms with Crippen LogP contribution in [0.5, 0.6) is 0 Å². The van der Waals surface area contributed by atoms with Crippen molar-refractivity contribution in [3.63, 3.8) is 0 Å². The fourth-order valence-corrected chi connectivity index (χ4v) is 6.48. The average Bonchev–Trinajstić information content (AvgIpc) is 3.28. The predicted molar refractivity (Wildman–Crippen MR) is 120 cm³/mol. The van der Waals surface area contributed by atoms with Gasteiger partial charge in [-0.25, -0.2) is 0 Å². The SMILES string of the molecule is CC1(C)CC(NC(=O)C2C3C(=O)N(c4ccc(Cl)cc4)CC34C=C[C@H]2O4)CC(C)(C)N1. The summed E-state index contributed by atoms with van der Waals surface area (Å²) in [6.07, 6.45) is 5.28. The van der Waals surface area contributed by atoms with Crippen LogP contribution in [0.15, 0.2) is 36.4 Å². The summed E-state index contributed by atoms with van der Waals surface area (Å²) in [6, 6.07) is 7.27. The smallest absolute Gasteiger partial charge is 0.234 e. The van der Waals surface area contributed by atoms with Gasteiger partial charge in [0.1, 0.15) is 5.60 Å². The van der Waals surface area contributed by atoms with Crippen LogP contribution in [0.1, 0.15) is 40.5 Å². The van der Waals surface area contributed by atoms with Crippen LogP contribution in [-0.2, 0) is 14.3 Å². The molecule has 2 N–H and O–H groups in total. The number of nitrogens with zero attached hydrogens (tertiary/aromatic N) is 1. The van der Waals surface area contributed by atoms with Crippen molar-refractivity contribution in [3.8, 4) is 0 Å². The molecular weight excluding hydrogens is 414 g/mol. The van der Waals surface area contributed by atoms with E-state index in [-0.39, 0.29) is 35.0 Å². The minimum absolute atomic E-state index is 0.0553. The van der Waals surface area contributed by atoms with Crippen molar-refractivity contribution in [1.82, 2.24) is 10.6 Å². The van der Waals surface area contributed by atoms with Crippen molar-refractivity contribution in [2.24, 2.45) is 11.8 Å². The molecule has 2 amide bonds. The Bertz CT molecular complexity index is 941. The van der Waals surface area contributed by atoms with Crippen LogP contribution in [0, 0.1) is 11.8 Å². The predicted octanol–water partition coefficient (Wildman–Crippen LogP) is 3.05. The van der Waals surface area contributed by atoms with E-state index < -0.39 is 17.4 Å². The third-order valence-corrected chi connectivity index (χ3v) is 7.33. The lowest BCUT2D eigenvalue weighted by molar-refractivity contribution is -0.132. The molecule has 7 heteroatoms. The summed E-state index contributed by atoms with van der Waals surface area (Å²) in [5.41, 5.74) is -0.0865. The highest BCUT2D eigenvalue weighted by Gasteiger charge is 2.67. The van der Waals surface area contributed by atoms with Gasteiger partial charge in [-0.3, -0.25) is 9.59 Å². The Labute approximate surface area is 188 Å². The zero-order valence-electron chi connectivity index (χ0n) is 18.4. The molecule has 0 aromatic heterocycles. The molecule has 31 heavy (non-hydrogen) atoms. The third kappa shape index (κ3) is 3.49. The molecule has 6 nitrogen and oxygen atoms in total. The van der Waals surface area contributed by atoms with Crippen molar-refractivity contribution < 1.29 is 14.3 Å². The maximum atomic E-state index is 13.5. The summed E-state index contributed by atoms with van der Waals surface area (Å²) in [6.45, 7) is 9.07. The Hall–Kier alpha value is -1.89. The second-order valence-corrected chi connectivity index (χ2v) is 11.2. The number of rotatable bonds is 3. The zero-order chi connectivity index (χ0) is 22.2. The number of benzene rings is 1. The van der Waals surface area contributed by atoms with Gasteiger partial charge in [-0.1, -0.05) is 23.8 Å². The number of ether oxygens (including phenoxy) is 1. The Morgan fingerprint density at radius 1 is 1.16 bits per heavy atom. The Morgan fingerprint density at radius 3 is 2.45 bits per heavy atom. The summed E-state index contributed by atoms with van der Waals surface area (Å²) in [7, 11) is 0. The first-order valence-electron chi connectivity index (χ1n) is 11.0. The van der Waals surface area contributed by atoms with Crippen molar-refractivity contribution >= 4 is 29.1 Å². The molecule has 3 unspecified atom stereocenters. The van der Waals surface area contributed by atoms with Gasteiger partial charge in [-0.05, 0) is 64.8 Å². The number of amides is 2. The molecule has 0 aliphatic carbocycles. The van der Waals surface area contributed by atoms with Crippen LogP contribution < -0.4 is 15.5 Å². The molecule has 166 valence electrons. The molecule has 4 atom stereocenters. The van der Waals surface area contributed by atoms with Gasteiger partial charge in [0.05, 0.1) is 24.5 Å². The quantitative estimate of drug-likeness (QED) is 0.704. The molecule has 1 aromatic rings. The third-order valence-electron chi connectivity index (χ3n) is 7.08. The van der Waals surface area contributed by atoms with E-state index in [9.17, 15) is 9.59 Å². The second-order valence-electron chi connectivity index (χ2n) is 10.8. The van der Waals surface area contributed by atoms with E-state index in [1.165, 1.54) is 0 Å². The van der Waals surface area contributed by atoms with Gasteiger partial charge < -0.3 is 20.3 Å². The monoisotopic (exact) mass is 443 g/mol. The minimum Gasteiger partial charge on any atom is -0.360 e. The number of anilines is 1. The summed E-state index contributed by atoms with van der Waals surface area (Å²) in [5.74, 6) is -1.14. The number of halogens is 1. The fraction of sp³-hybridized carbons (Fsp3) is 0.583. The van der Waals surface area contributed by atoms with Gasteiger partial charge in [0.25, 0.3) is 0 Å². The molecule has 1 spiro atoms. The number of nitrogens with one attached hydrogen (secondary N) is 2. The van der Waals surface area contributed by atoms with Crippen LogP contribution in [0.2, 0.25) is 5.02 Å². The number of fused-ring (bicyclic) bond motifs is 1. The van der Waals surface area contributed by atoms with Gasteiger partial charge in [0, 0.05) is 27.8 Å². The Morgan fingerprint density at radius 2 is 1.81 bits per heavy atom. The Kier molecular flexibility index (Phi) is 4.60. The van der Waals surface area contributed by atoms with Crippen LogP contribution in [0.3, 0.4) is 0 Å². The van der Waals surface area contributed by atoms with E-state index in [1.54, 1.807) is 17.0 Å². The molecule has 3 saturated heterocycles. The first-order chi connectivity index (χ1) is 14.5. The molecule has 1 aromatic carbocycles. The van der Waals surface area contributed by atoms with E-state index in [2.05, 4.69) is 38.3 Å². The maximum absolute atomic E-state index is 13.5. The average molecular weight is 444 g/mol. The standard InChI is InChI=1S/C24H30ClN3O3/c1-22(2)11-15(12-23(3,4)27-22)26-20(29)18-17-9-10-24(31-17)13-28(21(30)19(18)24)16-7-5-14(25)6-8-16/h5-10,15,17-19,27H,11-13H2,1-4H3,(H,26,29)/t17-,18?,19?,24?/m1/s1. The summed E-state index contributed by atoms with van der Waals surface area (Å²) < 4.78 is 6.26.